The van der Waals surface area contributed by atoms with Crippen LogP contribution in [-0.2, 0) is 9.59 Å². The molecular weight excluding hydrogens is 294 g/mol. The lowest BCUT2D eigenvalue weighted by Gasteiger charge is -2.31. The molecule has 124 valence electrons. The number of carbonyl (C=O) groups is 2. The Labute approximate surface area is 136 Å². The second kappa shape index (κ2) is 6.58. The zero-order valence-corrected chi connectivity index (χ0v) is 13.6. The Balaban J connectivity index is 1.73. The smallest absolute Gasteiger partial charge is 0.227 e. The van der Waals surface area contributed by atoms with E-state index in [-0.39, 0.29) is 17.7 Å². The monoisotopic (exact) mass is 317 g/mol. The summed E-state index contributed by atoms with van der Waals surface area (Å²) in [5.41, 5.74) is 1.46. The highest BCUT2D eigenvalue weighted by Gasteiger charge is 2.29. The highest BCUT2D eigenvalue weighted by atomic mass is 16.5. The predicted octanol–water partition coefficient (Wildman–Crippen LogP) is 1.62. The van der Waals surface area contributed by atoms with Crippen molar-refractivity contribution in [3.05, 3.63) is 18.2 Å². The fraction of sp³-hybridized carbons (Fsp3) is 0.529. The molecule has 2 fully saturated rings. The Bertz CT molecular complexity index is 613. The Hall–Kier alpha value is -2.08. The van der Waals surface area contributed by atoms with Gasteiger partial charge in [0, 0.05) is 30.6 Å². The summed E-state index contributed by atoms with van der Waals surface area (Å²) in [5.74, 6) is 1.12. The second-order valence-corrected chi connectivity index (χ2v) is 6.23. The highest BCUT2D eigenvalue weighted by Crippen LogP contribution is 2.34. The van der Waals surface area contributed by atoms with Crippen LogP contribution in [0.4, 0.5) is 11.4 Å². The first kappa shape index (κ1) is 15.8. The summed E-state index contributed by atoms with van der Waals surface area (Å²) in [6.45, 7) is 4.46. The van der Waals surface area contributed by atoms with Crippen LogP contribution in [0.2, 0.25) is 0 Å². The Kier molecular flexibility index (Phi) is 4.52. The number of anilines is 2. The molecule has 3 rings (SSSR count). The largest absolute Gasteiger partial charge is 0.494 e. The molecule has 1 atom stereocenters. The number of hydrogen-bond acceptors (Lipinski definition) is 4. The van der Waals surface area contributed by atoms with E-state index in [9.17, 15) is 9.59 Å². The van der Waals surface area contributed by atoms with E-state index in [1.807, 2.05) is 19.1 Å². The van der Waals surface area contributed by atoms with Crippen LogP contribution in [0.25, 0.3) is 0 Å². The van der Waals surface area contributed by atoms with Crippen LogP contribution in [0, 0.1) is 11.8 Å². The van der Waals surface area contributed by atoms with Gasteiger partial charge in [-0.05, 0) is 37.6 Å². The number of rotatable bonds is 5. The van der Waals surface area contributed by atoms with E-state index in [0.717, 1.165) is 25.2 Å². The van der Waals surface area contributed by atoms with Gasteiger partial charge in [0.2, 0.25) is 11.8 Å². The van der Waals surface area contributed by atoms with E-state index in [1.165, 1.54) is 0 Å². The Morgan fingerprint density at radius 2 is 2.22 bits per heavy atom. The second-order valence-electron chi connectivity index (χ2n) is 6.23. The van der Waals surface area contributed by atoms with Crippen molar-refractivity contribution in [2.24, 2.45) is 11.8 Å². The molecule has 2 saturated heterocycles. The van der Waals surface area contributed by atoms with Gasteiger partial charge in [0.15, 0.2) is 0 Å². The van der Waals surface area contributed by atoms with Crippen LogP contribution >= 0.6 is 0 Å². The molecule has 2 aliphatic rings. The van der Waals surface area contributed by atoms with Crippen molar-refractivity contribution in [3.63, 3.8) is 0 Å². The molecule has 0 aliphatic carbocycles. The molecule has 2 amide bonds. The van der Waals surface area contributed by atoms with Crippen molar-refractivity contribution in [2.75, 3.05) is 37.0 Å². The minimum Gasteiger partial charge on any atom is -0.494 e. The van der Waals surface area contributed by atoms with E-state index >= 15 is 0 Å². The number of methoxy groups -OCH3 is 1. The summed E-state index contributed by atoms with van der Waals surface area (Å²) in [7, 11) is 1.58. The van der Waals surface area contributed by atoms with E-state index in [2.05, 4.69) is 10.6 Å². The van der Waals surface area contributed by atoms with Gasteiger partial charge in [-0.3, -0.25) is 9.59 Å². The highest BCUT2D eigenvalue weighted by molar-refractivity contribution is 5.98. The van der Waals surface area contributed by atoms with Crippen molar-refractivity contribution >= 4 is 23.2 Å². The maximum absolute atomic E-state index is 12.3. The molecule has 0 aromatic heterocycles. The standard InChI is InChI=1S/C17H23N3O3/c1-11(12-9-18-10-12)17(22)19-13-5-6-14(15(8-13)23-2)20-7-3-4-16(20)21/h5-6,8,11-12,18H,3-4,7,9-10H2,1-2H3,(H,19,22). The average molecular weight is 317 g/mol. The van der Waals surface area contributed by atoms with Crippen LogP contribution in [-0.4, -0.2) is 38.6 Å². The number of amides is 2. The molecule has 2 N–H and O–H groups in total. The van der Waals surface area contributed by atoms with E-state index in [4.69, 9.17) is 4.74 Å². The molecule has 0 spiro atoms. The van der Waals surface area contributed by atoms with Crippen LogP contribution in [0.1, 0.15) is 19.8 Å². The number of carbonyl (C=O) groups excluding carboxylic acids is 2. The fourth-order valence-electron chi connectivity index (χ4n) is 3.02. The van der Waals surface area contributed by atoms with Gasteiger partial charge < -0.3 is 20.3 Å². The third-order valence-electron chi connectivity index (χ3n) is 4.75. The van der Waals surface area contributed by atoms with Crippen molar-refractivity contribution < 1.29 is 14.3 Å². The van der Waals surface area contributed by atoms with E-state index < -0.39 is 0 Å². The minimum atomic E-state index is -0.0259. The first-order valence-electron chi connectivity index (χ1n) is 8.10. The van der Waals surface area contributed by atoms with Crippen LogP contribution in [0.3, 0.4) is 0 Å². The maximum atomic E-state index is 12.3. The number of ether oxygens (including phenoxy) is 1. The van der Waals surface area contributed by atoms with Gasteiger partial charge in [-0.1, -0.05) is 6.92 Å². The molecule has 2 heterocycles. The van der Waals surface area contributed by atoms with Crippen molar-refractivity contribution in [1.82, 2.24) is 5.32 Å². The van der Waals surface area contributed by atoms with Crippen molar-refractivity contribution in [1.29, 1.82) is 0 Å². The zero-order chi connectivity index (χ0) is 16.4. The average Bonchev–Trinajstić information content (AvgIpc) is 2.91. The molecule has 1 aromatic rings. The summed E-state index contributed by atoms with van der Waals surface area (Å²) >= 11 is 0. The van der Waals surface area contributed by atoms with Gasteiger partial charge in [0.25, 0.3) is 0 Å². The summed E-state index contributed by atoms with van der Waals surface area (Å²) in [4.78, 5) is 25.9. The Morgan fingerprint density at radius 1 is 1.43 bits per heavy atom. The van der Waals surface area contributed by atoms with Gasteiger partial charge in [-0.2, -0.15) is 0 Å². The normalized spacial score (nSPS) is 19.4. The molecule has 0 saturated carbocycles. The molecule has 0 bridgehead atoms. The number of hydrogen-bond donors (Lipinski definition) is 2. The van der Waals surface area contributed by atoms with Crippen molar-refractivity contribution in [3.8, 4) is 5.75 Å². The molecular formula is C17H23N3O3. The summed E-state index contributed by atoms with van der Waals surface area (Å²) in [6, 6.07) is 5.45. The third kappa shape index (κ3) is 3.17. The lowest BCUT2D eigenvalue weighted by atomic mass is 9.88. The van der Waals surface area contributed by atoms with Gasteiger partial charge in [0.05, 0.1) is 12.8 Å². The lowest BCUT2D eigenvalue weighted by molar-refractivity contribution is -0.121. The summed E-state index contributed by atoms with van der Waals surface area (Å²) < 4.78 is 5.41. The maximum Gasteiger partial charge on any atom is 0.227 e. The van der Waals surface area contributed by atoms with Crippen LogP contribution in [0.5, 0.6) is 5.75 Å². The minimum absolute atomic E-state index is 0.0172. The lowest BCUT2D eigenvalue weighted by Crippen LogP contribution is -2.48. The first-order valence-corrected chi connectivity index (χ1v) is 8.10. The SMILES string of the molecule is COc1cc(NC(=O)C(C)C2CNC2)ccc1N1CCCC1=O. The first-order chi connectivity index (χ1) is 11.1. The summed E-state index contributed by atoms with van der Waals surface area (Å²) in [6.07, 6.45) is 1.45. The fourth-order valence-corrected chi connectivity index (χ4v) is 3.02. The topological polar surface area (TPSA) is 70.7 Å². The van der Waals surface area contributed by atoms with E-state index in [1.54, 1.807) is 18.1 Å². The van der Waals surface area contributed by atoms with Gasteiger partial charge in [-0.25, -0.2) is 0 Å². The van der Waals surface area contributed by atoms with Crippen LogP contribution in [0.15, 0.2) is 18.2 Å². The Morgan fingerprint density at radius 3 is 2.78 bits per heavy atom. The van der Waals surface area contributed by atoms with Crippen LogP contribution < -0.4 is 20.3 Å². The predicted molar refractivity (Wildman–Crippen MR) is 88.7 cm³/mol. The number of nitrogens with one attached hydrogen (secondary N) is 2. The molecule has 1 unspecified atom stereocenters. The molecule has 0 radical (unpaired) electrons. The van der Waals surface area contributed by atoms with Gasteiger partial charge in [0.1, 0.15) is 5.75 Å². The number of benzene rings is 1. The quantitative estimate of drug-likeness (QED) is 0.866. The zero-order valence-electron chi connectivity index (χ0n) is 13.6. The molecule has 1 aromatic carbocycles. The molecule has 6 heteroatoms. The van der Waals surface area contributed by atoms with E-state index in [0.29, 0.717) is 30.3 Å². The van der Waals surface area contributed by atoms with Crippen molar-refractivity contribution in [2.45, 2.75) is 19.8 Å². The molecule has 2 aliphatic heterocycles. The van der Waals surface area contributed by atoms with Gasteiger partial charge in [-0.15, -0.1) is 0 Å². The van der Waals surface area contributed by atoms with Gasteiger partial charge >= 0.3 is 0 Å². The number of nitrogens with zero attached hydrogens (tertiary/aromatic N) is 1. The third-order valence-corrected chi connectivity index (χ3v) is 4.75. The molecule has 6 nitrogen and oxygen atoms in total. The molecule has 23 heavy (non-hydrogen) atoms. The summed E-state index contributed by atoms with van der Waals surface area (Å²) in [5, 5.41) is 6.13.